The van der Waals surface area contributed by atoms with Gasteiger partial charge in [-0.3, -0.25) is 4.79 Å². The molecule has 0 spiro atoms. The molecule has 142 valence electrons. The summed E-state index contributed by atoms with van der Waals surface area (Å²) in [5.74, 6) is 1.58. The van der Waals surface area contributed by atoms with Crippen molar-refractivity contribution in [2.24, 2.45) is 0 Å². The molecule has 4 aromatic rings. The standard InChI is InChI=1S/C21H21N5OS/c1-15-10-11-22-26(15)17-7-5-6-16(12-17)23-21(27)13-25-19-9-4-3-8-18(19)24-20(25)14-28-2/h3-12H,13-14H2,1-2H3,(H,23,27). The van der Waals surface area contributed by atoms with E-state index in [2.05, 4.69) is 15.4 Å². The van der Waals surface area contributed by atoms with Gasteiger partial charge in [-0.1, -0.05) is 18.2 Å². The largest absolute Gasteiger partial charge is 0.324 e. The smallest absolute Gasteiger partial charge is 0.244 e. The highest BCUT2D eigenvalue weighted by atomic mass is 32.2. The zero-order chi connectivity index (χ0) is 19.5. The molecule has 4 rings (SSSR count). The molecule has 1 amide bonds. The molecule has 2 aromatic carbocycles. The summed E-state index contributed by atoms with van der Waals surface area (Å²) in [5.41, 5.74) is 4.58. The zero-order valence-corrected chi connectivity index (χ0v) is 16.6. The highest BCUT2D eigenvalue weighted by molar-refractivity contribution is 7.97. The van der Waals surface area contributed by atoms with Gasteiger partial charge in [0.1, 0.15) is 12.4 Å². The molecule has 0 atom stereocenters. The molecule has 6 nitrogen and oxygen atoms in total. The third kappa shape index (κ3) is 3.66. The van der Waals surface area contributed by atoms with E-state index in [1.165, 1.54) is 0 Å². The third-order valence-electron chi connectivity index (χ3n) is 4.52. The number of amides is 1. The summed E-state index contributed by atoms with van der Waals surface area (Å²) in [7, 11) is 0. The first-order chi connectivity index (χ1) is 13.7. The highest BCUT2D eigenvalue weighted by Crippen LogP contribution is 2.20. The van der Waals surface area contributed by atoms with Crippen molar-refractivity contribution < 1.29 is 4.79 Å². The Hall–Kier alpha value is -3.06. The Morgan fingerprint density at radius 2 is 2.00 bits per heavy atom. The number of thioether (sulfide) groups is 1. The molecule has 2 heterocycles. The molecule has 0 fully saturated rings. The van der Waals surface area contributed by atoms with Crippen LogP contribution in [-0.4, -0.2) is 31.5 Å². The molecular formula is C21H21N5OS. The maximum absolute atomic E-state index is 12.8. The quantitative estimate of drug-likeness (QED) is 0.539. The van der Waals surface area contributed by atoms with Gasteiger partial charge < -0.3 is 9.88 Å². The second-order valence-corrected chi connectivity index (χ2v) is 7.38. The Balaban J connectivity index is 1.56. The summed E-state index contributed by atoms with van der Waals surface area (Å²) in [6.07, 6.45) is 3.80. The number of para-hydroxylation sites is 2. The van der Waals surface area contributed by atoms with Crippen LogP contribution in [0.4, 0.5) is 5.69 Å². The molecule has 0 aliphatic heterocycles. The van der Waals surface area contributed by atoms with Crippen LogP contribution < -0.4 is 5.32 Å². The predicted molar refractivity (Wildman–Crippen MR) is 114 cm³/mol. The summed E-state index contributed by atoms with van der Waals surface area (Å²) in [5, 5.41) is 7.32. The van der Waals surface area contributed by atoms with Crippen molar-refractivity contribution in [1.82, 2.24) is 19.3 Å². The van der Waals surface area contributed by atoms with Crippen LogP contribution in [-0.2, 0) is 17.1 Å². The number of anilines is 1. The van der Waals surface area contributed by atoms with E-state index in [0.717, 1.165) is 39.7 Å². The van der Waals surface area contributed by atoms with Crippen molar-refractivity contribution in [3.63, 3.8) is 0 Å². The van der Waals surface area contributed by atoms with Gasteiger partial charge in [-0.25, -0.2) is 9.67 Å². The number of aryl methyl sites for hydroxylation is 1. The van der Waals surface area contributed by atoms with Crippen LogP contribution in [0.5, 0.6) is 0 Å². The normalized spacial score (nSPS) is 11.1. The first-order valence-corrected chi connectivity index (χ1v) is 10.4. The molecule has 0 unspecified atom stereocenters. The van der Waals surface area contributed by atoms with E-state index in [4.69, 9.17) is 0 Å². The van der Waals surface area contributed by atoms with E-state index in [9.17, 15) is 4.79 Å². The van der Waals surface area contributed by atoms with E-state index >= 15 is 0 Å². The molecule has 0 saturated heterocycles. The van der Waals surface area contributed by atoms with Crippen molar-refractivity contribution in [3.8, 4) is 5.69 Å². The van der Waals surface area contributed by atoms with Crippen LogP contribution in [0.3, 0.4) is 0 Å². The summed E-state index contributed by atoms with van der Waals surface area (Å²) in [6, 6.07) is 17.5. The van der Waals surface area contributed by atoms with Gasteiger partial charge in [-0.2, -0.15) is 16.9 Å². The Morgan fingerprint density at radius 3 is 2.79 bits per heavy atom. The number of hydrogen-bond donors (Lipinski definition) is 1. The zero-order valence-electron chi connectivity index (χ0n) is 15.8. The van der Waals surface area contributed by atoms with Crippen LogP contribution in [0, 0.1) is 6.92 Å². The van der Waals surface area contributed by atoms with Gasteiger partial charge in [0, 0.05) is 17.6 Å². The lowest BCUT2D eigenvalue weighted by Crippen LogP contribution is -2.20. The summed E-state index contributed by atoms with van der Waals surface area (Å²) < 4.78 is 3.83. The van der Waals surface area contributed by atoms with Gasteiger partial charge in [0.15, 0.2) is 0 Å². The molecule has 7 heteroatoms. The lowest BCUT2D eigenvalue weighted by atomic mass is 10.2. The number of imidazole rings is 1. The lowest BCUT2D eigenvalue weighted by Gasteiger charge is -2.11. The van der Waals surface area contributed by atoms with Crippen LogP contribution in [0.15, 0.2) is 60.8 Å². The van der Waals surface area contributed by atoms with Crippen LogP contribution in [0.2, 0.25) is 0 Å². The summed E-state index contributed by atoms with van der Waals surface area (Å²) in [4.78, 5) is 17.4. The van der Waals surface area contributed by atoms with Crippen molar-refractivity contribution in [2.45, 2.75) is 19.2 Å². The molecule has 2 aromatic heterocycles. The van der Waals surface area contributed by atoms with Gasteiger partial charge in [-0.05, 0) is 49.6 Å². The van der Waals surface area contributed by atoms with Gasteiger partial charge in [0.05, 0.1) is 22.5 Å². The number of nitrogens with one attached hydrogen (secondary N) is 1. The van der Waals surface area contributed by atoms with E-state index in [1.807, 2.05) is 77.0 Å². The minimum absolute atomic E-state index is 0.0835. The number of nitrogens with zero attached hydrogens (tertiary/aromatic N) is 4. The van der Waals surface area contributed by atoms with Crippen LogP contribution in [0.1, 0.15) is 11.5 Å². The van der Waals surface area contributed by atoms with E-state index in [1.54, 1.807) is 18.0 Å². The summed E-state index contributed by atoms with van der Waals surface area (Å²) in [6.45, 7) is 2.22. The Kier molecular flexibility index (Phi) is 5.16. The van der Waals surface area contributed by atoms with E-state index < -0.39 is 0 Å². The van der Waals surface area contributed by atoms with Gasteiger partial charge in [-0.15, -0.1) is 0 Å². The number of aromatic nitrogens is 4. The SMILES string of the molecule is CSCc1nc2ccccc2n1CC(=O)Nc1cccc(-n2nccc2C)c1. The molecular weight excluding hydrogens is 370 g/mol. The second-order valence-electron chi connectivity index (χ2n) is 6.52. The number of carbonyl (C=O) groups excluding carboxylic acids is 1. The first kappa shape index (κ1) is 18.3. The first-order valence-electron chi connectivity index (χ1n) is 8.99. The Labute approximate surface area is 167 Å². The lowest BCUT2D eigenvalue weighted by molar-refractivity contribution is -0.116. The molecule has 0 aliphatic carbocycles. The number of carbonyl (C=O) groups is 1. The second kappa shape index (κ2) is 7.90. The van der Waals surface area contributed by atoms with Crippen LogP contribution >= 0.6 is 11.8 Å². The predicted octanol–water partition coefficient (Wildman–Crippen LogP) is 4.03. The molecule has 1 N–H and O–H groups in total. The molecule has 0 radical (unpaired) electrons. The number of fused-ring (bicyclic) bond motifs is 1. The van der Waals surface area contributed by atoms with Crippen molar-refractivity contribution in [2.75, 3.05) is 11.6 Å². The van der Waals surface area contributed by atoms with Gasteiger partial charge in [0.25, 0.3) is 0 Å². The Morgan fingerprint density at radius 1 is 1.14 bits per heavy atom. The van der Waals surface area contributed by atoms with Crippen molar-refractivity contribution >= 4 is 34.4 Å². The fourth-order valence-corrected chi connectivity index (χ4v) is 3.72. The maximum Gasteiger partial charge on any atom is 0.244 e. The molecule has 28 heavy (non-hydrogen) atoms. The van der Waals surface area contributed by atoms with E-state index in [-0.39, 0.29) is 12.5 Å². The topological polar surface area (TPSA) is 64.7 Å². The molecule has 0 saturated carbocycles. The van der Waals surface area contributed by atoms with E-state index in [0.29, 0.717) is 0 Å². The van der Waals surface area contributed by atoms with Crippen molar-refractivity contribution in [1.29, 1.82) is 0 Å². The summed E-state index contributed by atoms with van der Waals surface area (Å²) >= 11 is 1.69. The molecule has 0 aliphatic rings. The van der Waals surface area contributed by atoms with Gasteiger partial charge in [0.2, 0.25) is 5.91 Å². The fraction of sp³-hybridized carbons (Fsp3) is 0.190. The minimum atomic E-state index is -0.0835. The maximum atomic E-state index is 12.8. The number of hydrogen-bond acceptors (Lipinski definition) is 4. The highest BCUT2D eigenvalue weighted by Gasteiger charge is 2.13. The fourth-order valence-electron chi connectivity index (χ4n) is 3.24. The number of rotatable bonds is 6. The van der Waals surface area contributed by atoms with Gasteiger partial charge >= 0.3 is 0 Å². The number of benzene rings is 2. The minimum Gasteiger partial charge on any atom is -0.324 e. The molecule has 0 bridgehead atoms. The Bertz CT molecular complexity index is 1130. The third-order valence-corrected chi connectivity index (χ3v) is 5.06. The average molecular weight is 392 g/mol. The average Bonchev–Trinajstić information content (AvgIpc) is 3.26. The van der Waals surface area contributed by atoms with Crippen molar-refractivity contribution in [3.05, 3.63) is 72.3 Å². The monoisotopic (exact) mass is 391 g/mol. The van der Waals surface area contributed by atoms with Crippen LogP contribution in [0.25, 0.3) is 16.7 Å².